The first-order valence-corrected chi connectivity index (χ1v) is 8.00. The number of anilines is 1. The van der Waals surface area contributed by atoms with Crippen LogP contribution in [0, 0.1) is 11.3 Å². The molecule has 0 aromatic heterocycles. The first kappa shape index (κ1) is 17.5. The van der Waals surface area contributed by atoms with Crippen LogP contribution in [0.15, 0.2) is 36.0 Å². The summed E-state index contributed by atoms with van der Waals surface area (Å²) in [6, 6.07) is 8.88. The molecule has 24 heavy (non-hydrogen) atoms. The number of ether oxygens (including phenoxy) is 1. The van der Waals surface area contributed by atoms with Crippen molar-refractivity contribution in [1.82, 2.24) is 5.32 Å². The number of esters is 1. The highest BCUT2D eigenvalue weighted by Gasteiger charge is 2.16. The molecular weight excluding hydrogens is 306 g/mol. The van der Waals surface area contributed by atoms with Crippen molar-refractivity contribution in [3.05, 3.63) is 41.6 Å². The number of amides is 1. The van der Waals surface area contributed by atoms with Gasteiger partial charge in [-0.3, -0.25) is 4.79 Å². The van der Waals surface area contributed by atoms with Crippen molar-refractivity contribution in [3.63, 3.8) is 0 Å². The Kier molecular flexibility index (Phi) is 6.38. The van der Waals surface area contributed by atoms with Crippen LogP contribution in [-0.2, 0) is 9.53 Å². The maximum absolute atomic E-state index is 12.2. The maximum atomic E-state index is 12.2. The highest BCUT2D eigenvalue weighted by atomic mass is 16.5. The molecule has 6 nitrogen and oxygen atoms in total. The van der Waals surface area contributed by atoms with E-state index in [0.29, 0.717) is 11.3 Å². The van der Waals surface area contributed by atoms with Gasteiger partial charge in [0, 0.05) is 23.5 Å². The number of carbonyl (C=O) groups is 2. The van der Waals surface area contributed by atoms with Gasteiger partial charge in [0.25, 0.3) is 5.91 Å². The fourth-order valence-electron chi connectivity index (χ4n) is 2.64. The number of hydrogen-bond donors (Lipinski definition) is 2. The zero-order chi connectivity index (χ0) is 17.4. The summed E-state index contributed by atoms with van der Waals surface area (Å²) in [6.45, 7) is 0. The minimum absolute atomic E-state index is 0.0729. The van der Waals surface area contributed by atoms with Crippen LogP contribution in [0.1, 0.15) is 42.5 Å². The van der Waals surface area contributed by atoms with E-state index < -0.39 is 5.97 Å². The van der Waals surface area contributed by atoms with Crippen LogP contribution >= 0.6 is 0 Å². The largest absolute Gasteiger partial charge is 0.465 e. The van der Waals surface area contributed by atoms with Gasteiger partial charge in [0.1, 0.15) is 6.07 Å². The predicted molar refractivity (Wildman–Crippen MR) is 90.1 cm³/mol. The Hall–Kier alpha value is -2.81. The summed E-state index contributed by atoms with van der Waals surface area (Å²) >= 11 is 0. The van der Waals surface area contributed by atoms with E-state index in [9.17, 15) is 9.59 Å². The molecule has 1 aliphatic carbocycles. The number of hydrogen-bond acceptors (Lipinski definition) is 5. The van der Waals surface area contributed by atoms with E-state index >= 15 is 0 Å². The molecular formula is C18H21N3O3. The molecule has 1 aromatic carbocycles. The lowest BCUT2D eigenvalue weighted by Gasteiger charge is -2.22. The fourth-order valence-corrected chi connectivity index (χ4v) is 2.64. The van der Waals surface area contributed by atoms with Gasteiger partial charge in [-0.25, -0.2) is 4.79 Å². The van der Waals surface area contributed by atoms with Crippen molar-refractivity contribution in [2.45, 2.75) is 38.1 Å². The van der Waals surface area contributed by atoms with Gasteiger partial charge in [-0.15, -0.1) is 0 Å². The predicted octanol–water partition coefficient (Wildman–Crippen LogP) is 2.74. The Bertz CT molecular complexity index is 653. The molecule has 0 unspecified atom stereocenters. The second-order valence-electron chi connectivity index (χ2n) is 5.69. The van der Waals surface area contributed by atoms with Crippen LogP contribution < -0.4 is 10.6 Å². The number of nitrogens with one attached hydrogen (secondary N) is 2. The average molecular weight is 327 g/mol. The molecule has 1 amide bonds. The molecule has 0 spiro atoms. The number of methoxy groups -OCH3 is 1. The smallest absolute Gasteiger partial charge is 0.350 e. The highest BCUT2D eigenvalue weighted by Crippen LogP contribution is 2.18. The molecule has 0 bridgehead atoms. The third-order valence-electron chi connectivity index (χ3n) is 4.00. The monoisotopic (exact) mass is 327 g/mol. The molecule has 2 N–H and O–H groups in total. The molecule has 0 saturated heterocycles. The molecule has 1 aliphatic rings. The van der Waals surface area contributed by atoms with Crippen molar-refractivity contribution in [3.8, 4) is 6.07 Å². The standard InChI is InChI=1S/C18H21N3O3/c1-24-18(23)14(11-19)12-20-15-9-7-13(8-10-15)17(22)21-16-5-3-2-4-6-16/h7-10,12,16,20H,2-6H2,1H3,(H,21,22)/b14-12+. The van der Waals surface area contributed by atoms with Crippen LogP contribution in [0.5, 0.6) is 0 Å². The number of benzene rings is 1. The first-order chi connectivity index (χ1) is 11.6. The summed E-state index contributed by atoms with van der Waals surface area (Å²) < 4.78 is 4.49. The van der Waals surface area contributed by atoms with E-state index in [1.54, 1.807) is 30.3 Å². The third kappa shape index (κ3) is 4.85. The fraction of sp³-hybridized carbons (Fsp3) is 0.389. The molecule has 0 heterocycles. The first-order valence-electron chi connectivity index (χ1n) is 8.00. The second-order valence-corrected chi connectivity index (χ2v) is 5.69. The Morgan fingerprint density at radius 2 is 1.88 bits per heavy atom. The van der Waals surface area contributed by atoms with E-state index in [2.05, 4.69) is 15.4 Å². The van der Waals surface area contributed by atoms with Crippen molar-refractivity contribution < 1.29 is 14.3 Å². The third-order valence-corrected chi connectivity index (χ3v) is 4.00. The molecule has 126 valence electrons. The molecule has 1 aromatic rings. The number of nitriles is 1. The van der Waals surface area contributed by atoms with Gasteiger partial charge in [-0.2, -0.15) is 5.26 Å². The van der Waals surface area contributed by atoms with Crippen LogP contribution in [-0.4, -0.2) is 25.0 Å². The topological polar surface area (TPSA) is 91.2 Å². The number of rotatable bonds is 5. The van der Waals surface area contributed by atoms with Crippen LogP contribution in [0.3, 0.4) is 0 Å². The average Bonchev–Trinajstić information content (AvgIpc) is 2.63. The summed E-state index contributed by atoms with van der Waals surface area (Å²) in [5, 5.41) is 14.8. The Balaban J connectivity index is 1.94. The molecule has 6 heteroatoms. The van der Waals surface area contributed by atoms with Crippen molar-refractivity contribution in [2.24, 2.45) is 0 Å². The Labute approximate surface area is 141 Å². The minimum atomic E-state index is -0.700. The van der Waals surface area contributed by atoms with Crippen molar-refractivity contribution in [1.29, 1.82) is 5.26 Å². The van der Waals surface area contributed by atoms with Gasteiger partial charge in [0.05, 0.1) is 7.11 Å². The lowest BCUT2D eigenvalue weighted by Crippen LogP contribution is -2.36. The maximum Gasteiger partial charge on any atom is 0.350 e. The van der Waals surface area contributed by atoms with Gasteiger partial charge in [0.15, 0.2) is 5.57 Å². The lowest BCUT2D eigenvalue weighted by atomic mass is 9.95. The quantitative estimate of drug-likeness (QED) is 0.493. The molecule has 0 radical (unpaired) electrons. The minimum Gasteiger partial charge on any atom is -0.465 e. The molecule has 1 saturated carbocycles. The van der Waals surface area contributed by atoms with Crippen LogP contribution in [0.2, 0.25) is 0 Å². The van der Waals surface area contributed by atoms with Gasteiger partial charge < -0.3 is 15.4 Å². The summed E-state index contributed by atoms with van der Waals surface area (Å²) in [6.07, 6.45) is 6.95. The Morgan fingerprint density at radius 1 is 1.21 bits per heavy atom. The normalized spacial score (nSPS) is 15.2. The van der Waals surface area contributed by atoms with Gasteiger partial charge in [-0.1, -0.05) is 19.3 Å². The van der Waals surface area contributed by atoms with E-state index in [0.717, 1.165) is 12.8 Å². The lowest BCUT2D eigenvalue weighted by molar-refractivity contribution is -0.135. The van der Waals surface area contributed by atoms with Crippen LogP contribution in [0.25, 0.3) is 0 Å². The summed E-state index contributed by atoms with van der Waals surface area (Å²) in [5.74, 6) is -0.773. The van der Waals surface area contributed by atoms with E-state index in [4.69, 9.17) is 5.26 Å². The van der Waals surface area contributed by atoms with E-state index in [1.807, 2.05) is 0 Å². The summed E-state index contributed by atoms with van der Waals surface area (Å²) in [4.78, 5) is 23.5. The van der Waals surface area contributed by atoms with Gasteiger partial charge in [0.2, 0.25) is 0 Å². The van der Waals surface area contributed by atoms with Crippen LogP contribution in [0.4, 0.5) is 5.69 Å². The Morgan fingerprint density at radius 3 is 2.46 bits per heavy atom. The SMILES string of the molecule is COC(=O)/C(C#N)=C/Nc1ccc(C(=O)NC2CCCCC2)cc1. The summed E-state index contributed by atoms with van der Waals surface area (Å²) in [7, 11) is 1.22. The second kappa shape index (κ2) is 8.73. The van der Waals surface area contributed by atoms with Crippen molar-refractivity contribution >= 4 is 17.6 Å². The van der Waals surface area contributed by atoms with E-state index in [-0.39, 0.29) is 17.5 Å². The van der Waals surface area contributed by atoms with Crippen molar-refractivity contribution in [2.75, 3.05) is 12.4 Å². The highest BCUT2D eigenvalue weighted by molar-refractivity contribution is 5.95. The van der Waals surface area contributed by atoms with Gasteiger partial charge in [-0.05, 0) is 37.1 Å². The molecule has 2 rings (SSSR count). The van der Waals surface area contributed by atoms with E-state index in [1.165, 1.54) is 32.6 Å². The van der Waals surface area contributed by atoms with Gasteiger partial charge >= 0.3 is 5.97 Å². The summed E-state index contributed by atoms with van der Waals surface area (Å²) in [5.41, 5.74) is 1.13. The zero-order valence-corrected chi connectivity index (χ0v) is 13.7. The molecule has 1 fully saturated rings. The number of nitrogens with zero attached hydrogens (tertiary/aromatic N) is 1. The molecule has 0 aliphatic heterocycles. The zero-order valence-electron chi connectivity index (χ0n) is 13.7. The number of carbonyl (C=O) groups excluding carboxylic acids is 2. The molecule has 0 atom stereocenters.